The molecule has 3 aromatic heterocycles. The summed E-state index contributed by atoms with van der Waals surface area (Å²) in [4.78, 5) is 4.94. The maximum absolute atomic E-state index is 7.02. The first kappa shape index (κ1) is 55.5. The summed E-state index contributed by atoms with van der Waals surface area (Å²) in [6.45, 7) is 13.4. The first-order chi connectivity index (χ1) is 41.4. The Morgan fingerprint density at radius 3 is 1.42 bits per heavy atom. The Kier molecular flexibility index (Phi) is 14.7. The molecular formula is C80H62N4OPt-2. The van der Waals surface area contributed by atoms with Crippen molar-refractivity contribution in [1.82, 2.24) is 14.1 Å². The van der Waals surface area contributed by atoms with E-state index in [-0.39, 0.29) is 31.9 Å². The van der Waals surface area contributed by atoms with Crippen LogP contribution in [0.3, 0.4) is 0 Å². The number of ether oxygens (including phenoxy) is 1. The summed E-state index contributed by atoms with van der Waals surface area (Å²) < 4.78 is 13.7. The molecule has 86 heavy (non-hydrogen) atoms. The molecule has 0 atom stereocenters. The Bertz CT molecular complexity index is 4540. The van der Waals surface area contributed by atoms with Gasteiger partial charge in [0.1, 0.15) is 5.82 Å². The normalized spacial score (nSPS) is 11.7. The van der Waals surface area contributed by atoms with Crippen LogP contribution in [0.4, 0.5) is 0 Å². The fourth-order valence-electron chi connectivity index (χ4n) is 11.8. The van der Waals surface area contributed by atoms with Crippen molar-refractivity contribution in [3.8, 4) is 95.5 Å². The second kappa shape index (κ2) is 22.7. The molecule has 0 saturated heterocycles. The summed E-state index contributed by atoms with van der Waals surface area (Å²) >= 11 is 0. The zero-order valence-corrected chi connectivity index (χ0v) is 51.2. The average Bonchev–Trinajstić information content (AvgIpc) is 1.64. The molecule has 11 aromatic carbocycles. The van der Waals surface area contributed by atoms with Gasteiger partial charge in [-0.05, 0) is 149 Å². The maximum Gasteiger partial charge on any atom is 0.268 e. The van der Waals surface area contributed by atoms with Crippen LogP contribution < -0.4 is 9.30 Å². The zero-order chi connectivity index (χ0) is 57.8. The molecule has 6 heteroatoms. The molecule has 3 heterocycles. The van der Waals surface area contributed by atoms with Gasteiger partial charge in [0.2, 0.25) is 0 Å². The molecule has 0 aliphatic carbocycles. The van der Waals surface area contributed by atoms with Gasteiger partial charge in [-0.25, -0.2) is 4.98 Å². The van der Waals surface area contributed by atoms with E-state index in [4.69, 9.17) is 9.72 Å². The number of aromatic nitrogens is 4. The Labute approximate surface area is 518 Å². The van der Waals surface area contributed by atoms with Gasteiger partial charge in [-0.3, -0.25) is 4.57 Å². The number of pyridine rings is 1. The number of hydrogen-bond donors (Lipinski definition) is 0. The van der Waals surface area contributed by atoms with Crippen LogP contribution in [-0.4, -0.2) is 14.1 Å². The quantitative estimate of drug-likeness (QED) is 0.0956. The summed E-state index contributed by atoms with van der Waals surface area (Å²) in [7, 11) is 0. The van der Waals surface area contributed by atoms with Crippen molar-refractivity contribution in [1.29, 1.82) is 0 Å². The fraction of sp³-hybridized carbons (Fsp3) is 0.100. The molecule has 14 aromatic rings. The van der Waals surface area contributed by atoms with Gasteiger partial charge >= 0.3 is 0 Å². The predicted molar refractivity (Wildman–Crippen MR) is 350 cm³/mol. The third kappa shape index (κ3) is 10.7. The van der Waals surface area contributed by atoms with Crippen LogP contribution in [0.15, 0.2) is 267 Å². The molecule has 0 saturated carbocycles. The molecule has 0 spiro atoms. The Balaban J connectivity index is 0.00000686. The average molecular weight is 1290 g/mol. The summed E-state index contributed by atoms with van der Waals surface area (Å²) in [6.07, 6.45) is 5.92. The van der Waals surface area contributed by atoms with Crippen molar-refractivity contribution in [3.05, 3.63) is 297 Å². The Hall–Kier alpha value is -9.67. The monoisotopic (exact) mass is 1290 g/mol. The minimum atomic E-state index is -0.259. The van der Waals surface area contributed by atoms with Gasteiger partial charge in [-0.1, -0.05) is 229 Å². The Morgan fingerprint density at radius 1 is 0.395 bits per heavy atom. The fourth-order valence-corrected chi connectivity index (χ4v) is 11.8. The molecule has 0 radical (unpaired) electrons. The third-order valence-corrected chi connectivity index (χ3v) is 16.3. The van der Waals surface area contributed by atoms with Crippen molar-refractivity contribution in [2.45, 2.75) is 52.4 Å². The summed E-state index contributed by atoms with van der Waals surface area (Å²) in [5, 5.41) is 2.20. The third-order valence-electron chi connectivity index (χ3n) is 16.3. The van der Waals surface area contributed by atoms with Gasteiger partial charge in [-0.15, -0.1) is 29.7 Å². The maximum atomic E-state index is 7.02. The largest absolute Gasteiger partial charge is 0.510 e. The van der Waals surface area contributed by atoms with Gasteiger partial charge in [-0.2, -0.15) is 17.7 Å². The number of nitrogens with zero attached hydrogens (tertiary/aromatic N) is 4. The van der Waals surface area contributed by atoms with Crippen LogP contribution in [0.1, 0.15) is 52.7 Å². The summed E-state index contributed by atoms with van der Waals surface area (Å²) in [5.74, 6) is 1.99. The van der Waals surface area contributed by atoms with Crippen LogP contribution in [0.2, 0.25) is 0 Å². The van der Waals surface area contributed by atoms with E-state index in [1.807, 2.05) is 12.3 Å². The summed E-state index contributed by atoms with van der Waals surface area (Å²) in [6, 6.07) is 101. The first-order valence-electron chi connectivity index (χ1n) is 29.2. The van der Waals surface area contributed by atoms with Crippen LogP contribution in [0.5, 0.6) is 11.5 Å². The first-order valence-corrected chi connectivity index (χ1v) is 29.2. The van der Waals surface area contributed by atoms with E-state index in [1.54, 1.807) is 0 Å². The SMILES string of the molecule is CC(C)(C)c1cc(Oc2[c-]c3c(cc2)c2ccccc2n3-c2cc(C(C)(C)C)ccn2)[c-]c(-n2[c-][n+](-c3c(-c4cc(-c5ccccc5)cc(-c5ccccc5)c4)cccc3-c3cc(-c4ccccc4)cc(-c4ccccc4)c3)c3ccccc32)c1.[Pt]. The van der Waals surface area contributed by atoms with Gasteiger partial charge in [0.05, 0.1) is 16.7 Å². The zero-order valence-electron chi connectivity index (χ0n) is 48.9. The van der Waals surface area contributed by atoms with E-state index in [9.17, 15) is 0 Å². The van der Waals surface area contributed by atoms with E-state index in [2.05, 4.69) is 328 Å². The molecule has 0 aliphatic heterocycles. The number of benzene rings is 11. The predicted octanol–water partition coefficient (Wildman–Crippen LogP) is 20.2. The minimum Gasteiger partial charge on any atom is -0.510 e. The van der Waals surface area contributed by atoms with Gasteiger partial charge in [0.25, 0.3) is 6.33 Å². The van der Waals surface area contributed by atoms with Gasteiger partial charge < -0.3 is 13.9 Å². The van der Waals surface area contributed by atoms with Crippen LogP contribution in [0, 0.1) is 18.5 Å². The topological polar surface area (TPSA) is 35.9 Å². The van der Waals surface area contributed by atoms with Crippen molar-refractivity contribution in [2.24, 2.45) is 0 Å². The molecule has 420 valence electrons. The van der Waals surface area contributed by atoms with Gasteiger partial charge in [0.15, 0.2) is 0 Å². The molecule has 0 N–H and O–H groups in total. The minimum absolute atomic E-state index is 0. The van der Waals surface area contributed by atoms with E-state index >= 15 is 0 Å². The standard InChI is InChI=1S/C80H62N4O.Pt/c1-79(2,3)64-40-41-81-77(50-64)84-73-35-20-19-32-71(73)72-39-38-67(52-76(72)84)85-68-49-65(80(4,5)6)48-66(51-68)82-53-83(75-37-22-21-36-74(75)82)78-69(62-44-58(54-24-11-7-12-25-54)42-59(45-62)55-26-13-8-14-27-55)33-23-34-70(78)63-46-60(56-28-15-9-16-29-56)43-61(47-63)57-30-17-10-18-31-57;/h7-50H,1-6H3;/q-2;. The Morgan fingerprint density at radius 2 is 0.884 bits per heavy atom. The van der Waals surface area contributed by atoms with E-state index < -0.39 is 0 Å². The molecule has 0 fully saturated rings. The molecule has 0 bridgehead atoms. The number of rotatable bonds is 11. The number of fused-ring (bicyclic) bond motifs is 4. The smallest absolute Gasteiger partial charge is 0.268 e. The van der Waals surface area contributed by atoms with E-state index in [1.165, 1.54) is 5.56 Å². The number of imidazole rings is 1. The molecule has 0 amide bonds. The molecule has 0 aliphatic rings. The van der Waals surface area contributed by atoms with Crippen molar-refractivity contribution in [2.75, 3.05) is 0 Å². The van der Waals surface area contributed by atoms with Crippen LogP contribution in [-0.2, 0) is 31.9 Å². The number of hydrogen-bond acceptors (Lipinski definition) is 2. The van der Waals surface area contributed by atoms with Crippen LogP contribution in [0.25, 0.3) is 117 Å². The van der Waals surface area contributed by atoms with Gasteiger partial charge in [0, 0.05) is 44.3 Å². The molecule has 14 rings (SSSR count). The van der Waals surface area contributed by atoms with Crippen molar-refractivity contribution in [3.63, 3.8) is 0 Å². The molecule has 0 unspecified atom stereocenters. The number of para-hydroxylation sites is 4. The summed E-state index contributed by atoms with van der Waals surface area (Å²) in [5.41, 5.74) is 21.1. The molecule has 5 nitrogen and oxygen atoms in total. The molecular weight excluding hydrogens is 1230 g/mol. The van der Waals surface area contributed by atoms with Crippen molar-refractivity contribution < 1.29 is 30.4 Å². The van der Waals surface area contributed by atoms with E-state index in [0.717, 1.165) is 122 Å². The second-order valence-corrected chi connectivity index (χ2v) is 24.1. The van der Waals surface area contributed by atoms with Crippen LogP contribution >= 0.6 is 0 Å². The van der Waals surface area contributed by atoms with Crippen molar-refractivity contribution >= 4 is 32.8 Å². The second-order valence-electron chi connectivity index (χ2n) is 24.1. The van der Waals surface area contributed by atoms with E-state index in [0.29, 0.717) is 11.5 Å².